The lowest BCUT2D eigenvalue weighted by Gasteiger charge is -2.55. The summed E-state index contributed by atoms with van der Waals surface area (Å²) >= 11 is 0. The molecule has 0 radical (unpaired) electrons. The molecule has 1 heterocycles. The van der Waals surface area contributed by atoms with Crippen LogP contribution in [0.1, 0.15) is 91.0 Å². The van der Waals surface area contributed by atoms with Gasteiger partial charge < -0.3 is 5.11 Å². The normalized spacial score (nSPS) is 19.9. The van der Waals surface area contributed by atoms with Gasteiger partial charge in [0.05, 0.1) is 0 Å². The van der Waals surface area contributed by atoms with E-state index in [2.05, 4.69) is 62.9 Å². The molecule has 0 atom stereocenters. The Labute approximate surface area is 166 Å². The Bertz CT molecular complexity index is 561. The molecular weight excluding hydrogens is 334 g/mol. The summed E-state index contributed by atoms with van der Waals surface area (Å²) in [5.41, 5.74) is 1.83. The molecule has 27 heavy (non-hydrogen) atoms. The first-order valence-corrected chi connectivity index (χ1v) is 10.7. The third-order valence-corrected chi connectivity index (χ3v) is 6.22. The zero-order valence-electron chi connectivity index (χ0n) is 17.8. The number of hydrogen-bond donors (Lipinski definition) is 1. The quantitative estimate of drug-likeness (QED) is 0.491. The summed E-state index contributed by atoms with van der Waals surface area (Å²) in [5, 5.41) is 8.70. The van der Waals surface area contributed by atoms with Gasteiger partial charge >= 0.3 is 5.97 Å². The molecule has 1 saturated heterocycles. The number of unbranched alkanes of at least 4 members (excludes halogenated alkanes) is 4. The molecule has 0 spiro atoms. The summed E-state index contributed by atoms with van der Waals surface area (Å²) in [5.74, 6) is 0.128. The molecule has 1 aliphatic rings. The van der Waals surface area contributed by atoms with Gasteiger partial charge in [-0.05, 0) is 58.4 Å². The number of piperidine rings is 1. The third-order valence-electron chi connectivity index (χ3n) is 6.22. The lowest BCUT2D eigenvalue weighted by Crippen LogP contribution is -2.60. The van der Waals surface area contributed by atoms with Gasteiger partial charge in [-0.1, -0.05) is 62.4 Å². The Morgan fingerprint density at radius 3 is 2.11 bits per heavy atom. The predicted molar refractivity (Wildman–Crippen MR) is 113 cm³/mol. The van der Waals surface area contributed by atoms with Gasteiger partial charge in [0.2, 0.25) is 0 Å². The van der Waals surface area contributed by atoms with E-state index in [-0.39, 0.29) is 11.1 Å². The highest BCUT2D eigenvalue weighted by atomic mass is 16.4. The van der Waals surface area contributed by atoms with E-state index in [4.69, 9.17) is 5.11 Å². The van der Waals surface area contributed by atoms with Crippen molar-refractivity contribution in [3.63, 3.8) is 0 Å². The van der Waals surface area contributed by atoms with Crippen LogP contribution in [0.2, 0.25) is 0 Å². The van der Waals surface area contributed by atoms with Gasteiger partial charge in [-0.15, -0.1) is 0 Å². The molecule has 0 aliphatic carbocycles. The van der Waals surface area contributed by atoms with E-state index in [0.29, 0.717) is 6.42 Å². The Hall–Kier alpha value is -1.35. The van der Waals surface area contributed by atoms with E-state index in [0.717, 1.165) is 25.3 Å². The van der Waals surface area contributed by atoms with Crippen molar-refractivity contribution in [3.05, 3.63) is 35.9 Å². The summed E-state index contributed by atoms with van der Waals surface area (Å²) in [6.07, 6.45) is 9.74. The van der Waals surface area contributed by atoms with Crippen LogP contribution in [-0.2, 0) is 11.3 Å². The minimum Gasteiger partial charge on any atom is -0.481 e. The van der Waals surface area contributed by atoms with Gasteiger partial charge in [0.1, 0.15) is 0 Å². The van der Waals surface area contributed by atoms with Crippen molar-refractivity contribution in [3.8, 4) is 0 Å². The van der Waals surface area contributed by atoms with Crippen molar-refractivity contribution >= 4 is 5.97 Å². The van der Waals surface area contributed by atoms with Gasteiger partial charge in [0.15, 0.2) is 0 Å². The van der Waals surface area contributed by atoms with Gasteiger partial charge in [-0.2, -0.15) is 0 Å². The third kappa shape index (κ3) is 6.95. The van der Waals surface area contributed by atoms with Crippen molar-refractivity contribution in [1.29, 1.82) is 0 Å². The van der Waals surface area contributed by atoms with Crippen LogP contribution in [0.15, 0.2) is 30.3 Å². The molecule has 2 rings (SSSR count). The Kier molecular flexibility index (Phi) is 7.91. The number of likely N-dealkylation sites (tertiary alicyclic amines) is 1. The number of carboxylic acids is 1. The second-order valence-electron chi connectivity index (χ2n) is 9.67. The molecular formula is C24H39NO2. The van der Waals surface area contributed by atoms with E-state index >= 15 is 0 Å². The topological polar surface area (TPSA) is 40.5 Å². The molecule has 3 nitrogen and oxygen atoms in total. The van der Waals surface area contributed by atoms with Crippen molar-refractivity contribution in [2.45, 2.75) is 103 Å². The molecule has 3 heteroatoms. The van der Waals surface area contributed by atoms with Crippen LogP contribution in [0.25, 0.3) is 0 Å². The Morgan fingerprint density at radius 1 is 0.963 bits per heavy atom. The summed E-state index contributed by atoms with van der Waals surface area (Å²) < 4.78 is 0. The first-order chi connectivity index (χ1) is 12.7. The molecule has 0 amide bonds. The smallest absolute Gasteiger partial charge is 0.303 e. The lowest BCUT2D eigenvalue weighted by atomic mass is 9.72. The van der Waals surface area contributed by atoms with E-state index < -0.39 is 5.97 Å². The highest BCUT2D eigenvalue weighted by Crippen LogP contribution is 2.44. The Morgan fingerprint density at radius 2 is 1.52 bits per heavy atom. The fourth-order valence-electron chi connectivity index (χ4n) is 5.16. The number of hydrogen-bond acceptors (Lipinski definition) is 2. The van der Waals surface area contributed by atoms with Crippen LogP contribution in [0.4, 0.5) is 0 Å². The number of rotatable bonds is 10. The van der Waals surface area contributed by atoms with Crippen LogP contribution in [0.3, 0.4) is 0 Å². The largest absolute Gasteiger partial charge is 0.481 e. The SMILES string of the molecule is CC1(C)CC(CCCCCCCC(=O)O)CC(C)(C)N1Cc1ccccc1. The highest BCUT2D eigenvalue weighted by Gasteiger charge is 2.44. The molecule has 1 fully saturated rings. The predicted octanol–water partition coefficient (Wildman–Crippen LogP) is 6.27. The van der Waals surface area contributed by atoms with Crippen LogP contribution < -0.4 is 0 Å². The van der Waals surface area contributed by atoms with E-state index in [1.165, 1.54) is 44.1 Å². The van der Waals surface area contributed by atoms with E-state index in [1.807, 2.05) is 0 Å². The number of carbonyl (C=O) groups is 1. The van der Waals surface area contributed by atoms with Crippen LogP contribution in [-0.4, -0.2) is 27.1 Å². The maximum atomic E-state index is 10.6. The summed E-state index contributed by atoms with van der Waals surface area (Å²) in [6, 6.07) is 10.8. The number of aliphatic carboxylic acids is 1. The molecule has 1 aromatic carbocycles. The number of nitrogens with zero attached hydrogens (tertiary/aromatic N) is 1. The van der Waals surface area contributed by atoms with Gasteiger partial charge in [-0.3, -0.25) is 9.69 Å². The summed E-state index contributed by atoms with van der Waals surface area (Å²) in [4.78, 5) is 13.3. The Balaban J connectivity index is 1.81. The maximum Gasteiger partial charge on any atom is 0.303 e. The molecule has 0 unspecified atom stereocenters. The van der Waals surface area contributed by atoms with Gasteiger partial charge in [0.25, 0.3) is 0 Å². The number of benzene rings is 1. The van der Waals surface area contributed by atoms with Gasteiger partial charge in [-0.25, -0.2) is 0 Å². The van der Waals surface area contributed by atoms with Crippen LogP contribution >= 0.6 is 0 Å². The van der Waals surface area contributed by atoms with E-state index in [9.17, 15) is 4.79 Å². The fraction of sp³-hybridized carbons (Fsp3) is 0.708. The second kappa shape index (κ2) is 9.73. The van der Waals surface area contributed by atoms with E-state index in [1.54, 1.807) is 0 Å². The van der Waals surface area contributed by atoms with Crippen LogP contribution in [0.5, 0.6) is 0 Å². The minimum absolute atomic E-state index is 0.212. The molecule has 1 N–H and O–H groups in total. The van der Waals surface area contributed by atoms with Crippen LogP contribution in [0, 0.1) is 5.92 Å². The first-order valence-electron chi connectivity index (χ1n) is 10.7. The second-order valence-corrected chi connectivity index (χ2v) is 9.67. The average molecular weight is 374 g/mol. The fourth-order valence-corrected chi connectivity index (χ4v) is 5.16. The van der Waals surface area contributed by atoms with Crippen molar-refractivity contribution in [2.24, 2.45) is 5.92 Å². The lowest BCUT2D eigenvalue weighted by molar-refractivity contribution is -0.137. The molecule has 1 aromatic rings. The van der Waals surface area contributed by atoms with Crippen molar-refractivity contribution in [2.75, 3.05) is 0 Å². The summed E-state index contributed by atoms with van der Waals surface area (Å²) in [6.45, 7) is 10.7. The maximum absolute atomic E-state index is 10.6. The number of carboxylic acid groups (broad SMARTS) is 1. The van der Waals surface area contributed by atoms with Gasteiger partial charge in [0, 0.05) is 24.0 Å². The van der Waals surface area contributed by atoms with Crippen molar-refractivity contribution in [1.82, 2.24) is 4.90 Å². The van der Waals surface area contributed by atoms with Crippen molar-refractivity contribution < 1.29 is 9.90 Å². The summed E-state index contributed by atoms with van der Waals surface area (Å²) in [7, 11) is 0. The standard InChI is InChI=1S/C24H39NO2/c1-23(2)17-21(15-9-6-5-7-12-16-22(26)27)18-24(3,4)25(23)19-20-13-10-8-11-14-20/h8,10-11,13-14,21H,5-7,9,12,15-19H2,1-4H3,(H,26,27). The zero-order valence-corrected chi connectivity index (χ0v) is 17.8. The molecule has 0 aromatic heterocycles. The first kappa shape index (κ1) is 21.9. The molecule has 0 saturated carbocycles. The highest BCUT2D eigenvalue weighted by molar-refractivity contribution is 5.66. The monoisotopic (exact) mass is 373 g/mol. The zero-order chi connectivity index (χ0) is 19.9. The molecule has 0 bridgehead atoms. The molecule has 152 valence electrons. The molecule has 1 aliphatic heterocycles. The average Bonchev–Trinajstić information content (AvgIpc) is 2.57. The minimum atomic E-state index is -0.665.